The van der Waals surface area contributed by atoms with E-state index in [1.54, 1.807) is 19.2 Å². The van der Waals surface area contributed by atoms with Gasteiger partial charge < -0.3 is 14.8 Å². The SMILES string of the molecule is CCOc1cc(/C=C2\SC(=S)N(C)C2=O)cc(I)c1OCC(=O)Nc1cc(C)cc(C)c1. The molecule has 32 heavy (non-hydrogen) atoms. The number of thiocarbonyl (C=S) groups is 1. The van der Waals surface area contributed by atoms with Crippen molar-refractivity contribution in [2.75, 3.05) is 25.6 Å². The number of ether oxygens (including phenoxy) is 2. The number of likely N-dealkylation sites (N-methyl/N-ethyl adjacent to an activating group) is 1. The van der Waals surface area contributed by atoms with E-state index in [-0.39, 0.29) is 18.4 Å². The lowest BCUT2D eigenvalue weighted by atomic mass is 10.1. The molecule has 1 aliphatic heterocycles. The number of amides is 2. The van der Waals surface area contributed by atoms with Crippen molar-refractivity contribution < 1.29 is 19.1 Å². The molecule has 0 saturated carbocycles. The molecule has 0 spiro atoms. The maximum Gasteiger partial charge on any atom is 0.265 e. The molecule has 6 nitrogen and oxygen atoms in total. The molecular weight excluding hydrogens is 559 g/mol. The summed E-state index contributed by atoms with van der Waals surface area (Å²) in [5.74, 6) is 0.611. The smallest absolute Gasteiger partial charge is 0.265 e. The zero-order valence-electron chi connectivity index (χ0n) is 18.2. The van der Waals surface area contributed by atoms with Crippen molar-refractivity contribution in [1.29, 1.82) is 0 Å². The zero-order valence-corrected chi connectivity index (χ0v) is 21.9. The lowest BCUT2D eigenvalue weighted by molar-refractivity contribution is -0.121. The fourth-order valence-corrected chi connectivity index (χ4v) is 5.11. The second-order valence-corrected chi connectivity index (χ2v) is 10.1. The average Bonchev–Trinajstić information content (AvgIpc) is 2.93. The van der Waals surface area contributed by atoms with Crippen molar-refractivity contribution in [3.05, 3.63) is 55.5 Å². The summed E-state index contributed by atoms with van der Waals surface area (Å²) < 4.78 is 12.9. The van der Waals surface area contributed by atoms with E-state index >= 15 is 0 Å². The van der Waals surface area contributed by atoms with Crippen LogP contribution in [0.25, 0.3) is 6.08 Å². The van der Waals surface area contributed by atoms with Crippen LogP contribution in [0, 0.1) is 17.4 Å². The van der Waals surface area contributed by atoms with Crippen molar-refractivity contribution in [2.24, 2.45) is 0 Å². The number of thioether (sulfide) groups is 1. The van der Waals surface area contributed by atoms with Crippen LogP contribution in [0.5, 0.6) is 11.5 Å². The second-order valence-electron chi connectivity index (χ2n) is 7.22. The highest BCUT2D eigenvalue weighted by Crippen LogP contribution is 2.37. The Balaban J connectivity index is 1.77. The van der Waals surface area contributed by atoms with Crippen molar-refractivity contribution >= 4 is 74.5 Å². The van der Waals surface area contributed by atoms with Crippen LogP contribution in [-0.4, -0.2) is 41.3 Å². The Morgan fingerprint density at radius 2 is 1.88 bits per heavy atom. The highest BCUT2D eigenvalue weighted by atomic mass is 127. The van der Waals surface area contributed by atoms with Crippen molar-refractivity contribution in [3.8, 4) is 11.5 Å². The normalized spacial score (nSPS) is 14.8. The van der Waals surface area contributed by atoms with Crippen LogP contribution in [0.1, 0.15) is 23.6 Å². The Bertz CT molecular complexity index is 1100. The van der Waals surface area contributed by atoms with Gasteiger partial charge in [-0.1, -0.05) is 30.0 Å². The molecule has 0 atom stereocenters. The van der Waals surface area contributed by atoms with Crippen LogP contribution in [-0.2, 0) is 9.59 Å². The van der Waals surface area contributed by atoms with Gasteiger partial charge in [-0.2, -0.15) is 0 Å². The summed E-state index contributed by atoms with van der Waals surface area (Å²) in [5.41, 5.74) is 3.67. The number of anilines is 1. The van der Waals surface area contributed by atoms with Crippen LogP contribution in [0.4, 0.5) is 5.69 Å². The largest absolute Gasteiger partial charge is 0.490 e. The quantitative estimate of drug-likeness (QED) is 0.277. The number of nitrogens with one attached hydrogen (secondary N) is 1. The number of rotatable bonds is 7. The van der Waals surface area contributed by atoms with Gasteiger partial charge in [0.1, 0.15) is 4.32 Å². The zero-order chi connectivity index (χ0) is 23.4. The first-order valence-electron chi connectivity index (χ1n) is 9.86. The number of nitrogens with zero attached hydrogens (tertiary/aromatic N) is 1. The number of hydrogen-bond acceptors (Lipinski definition) is 6. The van der Waals surface area contributed by atoms with Crippen molar-refractivity contribution in [3.63, 3.8) is 0 Å². The average molecular weight is 582 g/mol. The van der Waals surface area contributed by atoms with E-state index in [2.05, 4.69) is 27.9 Å². The summed E-state index contributed by atoms with van der Waals surface area (Å²) in [5, 5.41) is 2.86. The van der Waals surface area contributed by atoms with Crippen LogP contribution < -0.4 is 14.8 Å². The van der Waals surface area contributed by atoms with Crippen molar-refractivity contribution in [1.82, 2.24) is 4.90 Å². The minimum absolute atomic E-state index is 0.128. The molecule has 0 aromatic heterocycles. The van der Waals surface area contributed by atoms with Gasteiger partial charge in [0.25, 0.3) is 11.8 Å². The minimum atomic E-state index is -0.260. The number of halogens is 1. The van der Waals surface area contributed by atoms with Crippen LogP contribution in [0.2, 0.25) is 0 Å². The van der Waals surface area contributed by atoms with Gasteiger partial charge in [-0.25, -0.2) is 0 Å². The second kappa shape index (κ2) is 10.7. The molecule has 0 aliphatic carbocycles. The van der Waals surface area contributed by atoms with E-state index in [4.69, 9.17) is 21.7 Å². The predicted molar refractivity (Wildman–Crippen MR) is 141 cm³/mol. The van der Waals surface area contributed by atoms with Gasteiger partial charge in [-0.15, -0.1) is 0 Å². The Hall–Kier alpha value is -2.11. The fourth-order valence-electron chi connectivity index (χ4n) is 3.15. The first-order chi connectivity index (χ1) is 15.2. The molecule has 2 amide bonds. The third-order valence-electron chi connectivity index (χ3n) is 4.47. The lowest BCUT2D eigenvalue weighted by Crippen LogP contribution is -2.22. The molecule has 1 N–H and O–H groups in total. The first kappa shape index (κ1) is 24.5. The third kappa shape index (κ3) is 6.02. The first-order valence-corrected chi connectivity index (χ1v) is 12.2. The van der Waals surface area contributed by atoms with Gasteiger partial charge in [0, 0.05) is 12.7 Å². The lowest BCUT2D eigenvalue weighted by Gasteiger charge is -2.15. The van der Waals surface area contributed by atoms with Gasteiger partial charge in [-0.3, -0.25) is 14.5 Å². The van der Waals surface area contributed by atoms with Gasteiger partial charge in [0.15, 0.2) is 18.1 Å². The fraction of sp³-hybridized carbons (Fsp3) is 0.261. The van der Waals surface area contributed by atoms with Gasteiger partial charge in [0.05, 0.1) is 15.1 Å². The Labute approximate surface area is 210 Å². The summed E-state index contributed by atoms with van der Waals surface area (Å²) in [6, 6.07) is 9.54. The molecular formula is C23H23IN2O4S2. The minimum Gasteiger partial charge on any atom is -0.490 e. The van der Waals surface area contributed by atoms with Gasteiger partial charge in [-0.05, 0) is 90.4 Å². The Morgan fingerprint density at radius 3 is 2.47 bits per heavy atom. The van der Waals surface area contributed by atoms with Crippen molar-refractivity contribution in [2.45, 2.75) is 20.8 Å². The molecule has 1 fully saturated rings. The molecule has 0 unspecified atom stereocenters. The van der Waals surface area contributed by atoms with E-state index in [9.17, 15) is 9.59 Å². The number of carbonyl (C=O) groups excluding carboxylic acids is 2. The summed E-state index contributed by atoms with van der Waals surface area (Å²) in [6.45, 7) is 6.11. The molecule has 3 rings (SSSR count). The summed E-state index contributed by atoms with van der Waals surface area (Å²) in [7, 11) is 1.66. The third-order valence-corrected chi connectivity index (χ3v) is 6.76. The molecule has 1 aliphatic rings. The molecule has 168 valence electrons. The molecule has 0 radical (unpaired) electrons. The van der Waals surface area contributed by atoms with E-state index < -0.39 is 0 Å². The van der Waals surface area contributed by atoms with Crippen LogP contribution in [0.3, 0.4) is 0 Å². The summed E-state index contributed by atoms with van der Waals surface area (Å²) >= 11 is 8.59. The standard InChI is InChI=1S/C23H23IN2O4S2/c1-5-29-18-10-15(11-19-22(28)26(4)23(31)32-19)9-17(24)21(18)30-12-20(27)25-16-7-13(2)6-14(3)8-16/h6-11H,5,12H2,1-4H3,(H,25,27)/b19-11-. The molecule has 9 heteroatoms. The molecule has 2 aromatic rings. The molecule has 1 heterocycles. The number of aryl methyl sites for hydroxylation is 2. The highest BCUT2D eigenvalue weighted by Gasteiger charge is 2.28. The van der Waals surface area contributed by atoms with E-state index in [0.29, 0.717) is 27.3 Å². The van der Waals surface area contributed by atoms with Crippen LogP contribution in [0.15, 0.2) is 35.2 Å². The molecule has 2 aromatic carbocycles. The molecule has 1 saturated heterocycles. The monoisotopic (exact) mass is 582 g/mol. The van der Waals surface area contributed by atoms with Gasteiger partial charge >= 0.3 is 0 Å². The maximum atomic E-state index is 12.4. The Morgan fingerprint density at radius 1 is 1.19 bits per heavy atom. The van der Waals surface area contributed by atoms with E-state index in [0.717, 1.165) is 25.9 Å². The van der Waals surface area contributed by atoms with E-state index in [1.807, 2.05) is 45.0 Å². The van der Waals surface area contributed by atoms with Crippen LogP contribution >= 0.6 is 46.6 Å². The highest BCUT2D eigenvalue weighted by molar-refractivity contribution is 14.1. The van der Waals surface area contributed by atoms with Gasteiger partial charge in [0.2, 0.25) is 0 Å². The number of benzene rings is 2. The Kier molecular flexibility index (Phi) is 8.18. The predicted octanol–water partition coefficient (Wildman–Crippen LogP) is 5.16. The number of carbonyl (C=O) groups is 2. The number of hydrogen-bond donors (Lipinski definition) is 1. The molecule has 0 bridgehead atoms. The maximum absolute atomic E-state index is 12.4. The topological polar surface area (TPSA) is 67.9 Å². The van der Waals surface area contributed by atoms with E-state index in [1.165, 1.54) is 16.7 Å². The summed E-state index contributed by atoms with van der Waals surface area (Å²) in [6.07, 6.45) is 1.78. The summed E-state index contributed by atoms with van der Waals surface area (Å²) in [4.78, 5) is 26.7.